The molecule has 16 aromatic heterocycles. The number of thiophene rings is 16. The lowest BCUT2D eigenvalue weighted by Crippen LogP contribution is -2.32. The lowest BCUT2D eigenvalue weighted by Gasteiger charge is -2.40. The molecule has 0 saturated carbocycles. The molecule has 0 bridgehead atoms. The fourth-order valence-electron chi connectivity index (χ4n) is 14.4. The van der Waals surface area contributed by atoms with Crippen molar-refractivity contribution in [2.75, 3.05) is 22.9 Å². The summed E-state index contributed by atoms with van der Waals surface area (Å²) in [5, 5.41) is 17.3. The number of nitrogens with two attached hydrogens (primary N) is 4. The van der Waals surface area contributed by atoms with E-state index in [0.29, 0.717) is 22.7 Å². The minimum atomic E-state index is -1.34. The van der Waals surface area contributed by atoms with Crippen LogP contribution in [0.1, 0.15) is 22.3 Å². The molecule has 528 valence electrons. The largest absolute Gasteiger partial charge is 0.398 e. The monoisotopic (exact) mass is 1690 g/mol. The minimum absolute atomic E-state index is 0.700. The maximum atomic E-state index is 8.13. The van der Waals surface area contributed by atoms with Crippen molar-refractivity contribution >= 4 is 204 Å². The molecule has 109 heavy (non-hydrogen) atoms. The Morgan fingerprint density at radius 1 is 0.156 bits per heavy atom. The molecule has 0 aliphatic carbocycles. The number of benzene rings is 4. The van der Waals surface area contributed by atoms with Crippen molar-refractivity contribution < 1.29 is 0 Å². The van der Waals surface area contributed by atoms with Crippen molar-refractivity contribution in [2.24, 2.45) is 0 Å². The molecule has 20 aromatic rings. The molecule has 0 fully saturated rings. The van der Waals surface area contributed by atoms with Gasteiger partial charge in [0.15, 0.2) is 0 Å². The van der Waals surface area contributed by atoms with E-state index in [1.165, 1.54) is 78.0 Å². The van der Waals surface area contributed by atoms with E-state index < -0.39 is 5.41 Å². The van der Waals surface area contributed by atoms with Crippen molar-refractivity contribution in [3.63, 3.8) is 0 Å². The van der Waals surface area contributed by atoms with Crippen LogP contribution in [0.3, 0.4) is 0 Å². The molecule has 4 nitrogen and oxygen atoms in total. The van der Waals surface area contributed by atoms with Gasteiger partial charge < -0.3 is 22.9 Å². The number of nitrogen functional groups attached to an aromatic ring is 4. The maximum Gasteiger partial charge on any atom is 0.0703 e. The molecule has 20 rings (SSSR count). The fourth-order valence-corrected chi connectivity index (χ4v) is 29.3. The van der Waals surface area contributed by atoms with E-state index >= 15 is 0 Å². The van der Waals surface area contributed by atoms with E-state index in [0.717, 1.165) is 106 Å². The van der Waals surface area contributed by atoms with E-state index in [1.54, 1.807) is 181 Å². The summed E-state index contributed by atoms with van der Waals surface area (Å²) >= 11 is 28.3. The second kappa shape index (κ2) is 29.2. The third-order valence-electron chi connectivity index (χ3n) is 19.5. The van der Waals surface area contributed by atoms with E-state index in [1.807, 2.05) is 0 Å². The van der Waals surface area contributed by atoms with Crippen LogP contribution in [-0.4, -0.2) is 0 Å². The van der Waals surface area contributed by atoms with E-state index in [-0.39, 0.29) is 0 Å². The van der Waals surface area contributed by atoms with Crippen LogP contribution in [0.5, 0.6) is 0 Å². The molecule has 4 aromatic carbocycles. The van der Waals surface area contributed by atoms with Gasteiger partial charge >= 0.3 is 0 Å². The summed E-state index contributed by atoms with van der Waals surface area (Å²) in [7, 11) is 0. The number of rotatable bonds is 20. The molecule has 8 N–H and O–H groups in total. The molecular formula is C89H56N4S16. The van der Waals surface area contributed by atoms with Gasteiger partial charge in [0.2, 0.25) is 0 Å². The van der Waals surface area contributed by atoms with E-state index in [4.69, 9.17) is 22.9 Å². The average Bonchev–Trinajstić information content (AvgIpc) is 1.50. The van der Waals surface area contributed by atoms with Crippen molar-refractivity contribution in [3.8, 4) is 162 Å². The molecule has 16 heterocycles. The van der Waals surface area contributed by atoms with Crippen LogP contribution in [0.25, 0.3) is 162 Å². The minimum Gasteiger partial charge on any atom is -0.398 e. The standard InChI is InChI=1S/C89H56N4S16/c90-85-53(61-17-25-77(102-61)69-9-1-33-94-69)41-49(42-54(85)62-18-26-78(103-62)70-10-2-34-95-70)89(50-43-55(63-19-27-79(104-63)71-11-3-35-96-71)86(91)56(44-50)64-20-28-80(105-64)72-12-4-36-97-72,51-45-57(65-21-29-81(106-65)73-13-5-37-98-73)87(92)58(46-51)66-22-30-82(107-66)74-14-6-38-99-74)52-47-59(67-23-31-83(108-67)75-15-7-39-100-75)88(93)60(48-52)68-24-32-84(109-68)76-16-8-40-101-76/h1-48H,90-93H2. The molecule has 0 aliphatic rings. The van der Waals surface area contributed by atoms with Crippen LogP contribution in [0.4, 0.5) is 22.7 Å². The summed E-state index contributed by atoms with van der Waals surface area (Å²) in [6.07, 6.45) is 0. The predicted octanol–water partition coefficient (Wildman–Crippen LogP) is 32.1. The molecular weight excluding hydrogens is 1640 g/mol. The van der Waals surface area contributed by atoms with Crippen LogP contribution < -0.4 is 22.9 Å². The van der Waals surface area contributed by atoms with Crippen LogP contribution in [0.2, 0.25) is 0 Å². The summed E-state index contributed by atoms with van der Waals surface area (Å²) in [6.45, 7) is 0. The zero-order valence-electron chi connectivity index (χ0n) is 57.1. The molecule has 0 aliphatic heterocycles. The Balaban J connectivity index is 0.985. The molecule has 0 spiro atoms. The Morgan fingerprint density at radius 3 is 0.404 bits per heavy atom. The smallest absolute Gasteiger partial charge is 0.0703 e. The number of anilines is 4. The lowest BCUT2D eigenvalue weighted by molar-refractivity contribution is 0.748. The predicted molar refractivity (Wildman–Crippen MR) is 495 cm³/mol. The zero-order chi connectivity index (χ0) is 72.8. The maximum absolute atomic E-state index is 8.13. The van der Waals surface area contributed by atoms with E-state index in [9.17, 15) is 0 Å². The molecule has 0 saturated heterocycles. The van der Waals surface area contributed by atoms with Crippen molar-refractivity contribution in [3.05, 3.63) is 308 Å². The Labute approximate surface area is 693 Å². The highest BCUT2D eigenvalue weighted by Crippen LogP contribution is 2.59. The molecule has 0 amide bonds. The SMILES string of the molecule is Nc1c(-c2ccc(-c3cccs3)s2)cc(C(c2cc(-c3ccc(-c4cccs4)s3)c(N)c(-c3ccc(-c4cccs4)s3)c2)(c2cc(-c3ccc(-c4cccs4)s3)c(N)c(-c3ccc(-c4cccs4)s3)c2)c2cc(-c3ccc(-c4cccs4)s3)c(N)c(-c3ccc(-c4cccs4)s3)c2)cc1-c1ccc(-c2cccs2)s1. The van der Waals surface area contributed by atoms with Gasteiger partial charge in [-0.3, -0.25) is 0 Å². The normalized spacial score (nSPS) is 11.8. The second-order valence-corrected chi connectivity index (χ2v) is 42.1. The highest BCUT2D eigenvalue weighted by atomic mass is 32.2. The third kappa shape index (κ3) is 12.8. The zero-order valence-corrected chi connectivity index (χ0v) is 70.1. The van der Waals surface area contributed by atoms with Gasteiger partial charge in [-0.1, -0.05) is 48.5 Å². The van der Waals surface area contributed by atoms with Gasteiger partial charge in [-0.15, -0.1) is 181 Å². The second-order valence-electron chi connectivity index (χ2n) is 25.8. The summed E-state index contributed by atoms with van der Waals surface area (Å²) in [5.41, 5.74) is 45.5. The average molecular weight is 1690 g/mol. The Kier molecular flexibility index (Phi) is 18.6. The highest BCUT2D eigenvalue weighted by molar-refractivity contribution is 7.27. The van der Waals surface area contributed by atoms with Crippen molar-refractivity contribution in [1.29, 1.82) is 0 Å². The first-order chi connectivity index (χ1) is 53.6. The van der Waals surface area contributed by atoms with Gasteiger partial charge in [0.05, 0.1) is 5.41 Å². The molecule has 0 atom stereocenters. The van der Waals surface area contributed by atoms with Crippen LogP contribution in [-0.2, 0) is 5.41 Å². The first-order valence-corrected chi connectivity index (χ1v) is 48.1. The van der Waals surface area contributed by atoms with Crippen molar-refractivity contribution in [2.45, 2.75) is 5.41 Å². The summed E-state index contributed by atoms with van der Waals surface area (Å²) < 4.78 is 0. The van der Waals surface area contributed by atoms with Gasteiger partial charge in [-0.05, 0) is 259 Å². The molecule has 0 radical (unpaired) electrons. The Bertz CT molecular complexity index is 5410. The van der Waals surface area contributed by atoms with Gasteiger partial charge in [-0.2, -0.15) is 0 Å². The molecule has 0 unspecified atom stereocenters. The Morgan fingerprint density at radius 2 is 0.284 bits per heavy atom. The first-order valence-electron chi connectivity index (χ1n) is 34.5. The number of hydrogen-bond acceptors (Lipinski definition) is 20. The summed E-state index contributed by atoms with van der Waals surface area (Å²) in [5.74, 6) is 0. The fraction of sp³-hybridized carbons (Fsp3) is 0.0112. The summed E-state index contributed by atoms with van der Waals surface area (Å²) in [6, 6.07) is 90.7. The number of hydrogen-bond donors (Lipinski definition) is 4. The first kappa shape index (κ1) is 69.5. The highest BCUT2D eigenvalue weighted by Gasteiger charge is 2.44. The van der Waals surface area contributed by atoms with Crippen LogP contribution >= 0.6 is 181 Å². The van der Waals surface area contributed by atoms with Crippen molar-refractivity contribution in [1.82, 2.24) is 0 Å². The lowest BCUT2D eigenvalue weighted by atomic mass is 9.62. The third-order valence-corrected chi connectivity index (χ3v) is 37.0. The topological polar surface area (TPSA) is 104 Å². The Hall–Kier alpha value is -8.72. The van der Waals surface area contributed by atoms with E-state index in [2.05, 4.69) is 286 Å². The molecule has 20 heteroatoms. The van der Waals surface area contributed by atoms with Gasteiger partial charge in [0.25, 0.3) is 0 Å². The van der Waals surface area contributed by atoms with Gasteiger partial charge in [0.1, 0.15) is 0 Å². The quantitative estimate of drug-likeness (QED) is 0.0451. The summed E-state index contributed by atoms with van der Waals surface area (Å²) in [4.78, 5) is 27.5. The van der Waals surface area contributed by atoms with Gasteiger partial charge in [-0.25, -0.2) is 0 Å². The van der Waals surface area contributed by atoms with Crippen LogP contribution in [0.15, 0.2) is 286 Å². The van der Waals surface area contributed by atoms with Gasteiger partial charge in [0, 0.05) is 184 Å². The van der Waals surface area contributed by atoms with Crippen LogP contribution in [0, 0.1) is 0 Å².